The van der Waals surface area contributed by atoms with Crippen molar-refractivity contribution in [2.24, 2.45) is 5.73 Å². The second-order valence-corrected chi connectivity index (χ2v) is 11.7. The Kier molecular flexibility index (Phi) is 8.83. The minimum Gasteiger partial charge on any atom is -0.480 e. The number of para-hydroxylation sites is 2. The Bertz CT molecular complexity index is 1860. The highest BCUT2D eigenvalue weighted by Gasteiger charge is 2.39. The Hall–Kier alpha value is -5.43. The van der Waals surface area contributed by atoms with Crippen LogP contribution in [0.4, 0.5) is 0 Å². The lowest BCUT2D eigenvalue weighted by atomic mass is 10.0. The molecule has 1 saturated heterocycles. The molecule has 13 nitrogen and oxygen atoms in total. The van der Waals surface area contributed by atoms with Crippen LogP contribution in [0.15, 0.2) is 73.4 Å². The van der Waals surface area contributed by atoms with E-state index in [1.165, 1.54) is 17.4 Å². The molecule has 4 unspecified atom stereocenters. The number of amides is 3. The maximum atomic E-state index is 14.2. The summed E-state index contributed by atoms with van der Waals surface area (Å²) >= 11 is 0. The Labute approximate surface area is 263 Å². The Morgan fingerprint density at radius 1 is 0.891 bits per heavy atom. The molecule has 1 fully saturated rings. The highest BCUT2D eigenvalue weighted by molar-refractivity contribution is 5.95. The van der Waals surface area contributed by atoms with Crippen molar-refractivity contribution in [3.8, 4) is 0 Å². The van der Waals surface area contributed by atoms with Crippen molar-refractivity contribution in [2.45, 2.75) is 56.3 Å². The number of rotatable bonds is 12. The number of nitrogens with two attached hydrogens (primary N) is 1. The number of fused-ring (bicyclic) bond motifs is 2. The van der Waals surface area contributed by atoms with Crippen LogP contribution in [-0.2, 0) is 38.4 Å². The molecule has 0 spiro atoms. The van der Waals surface area contributed by atoms with Crippen LogP contribution in [0.3, 0.4) is 0 Å². The molecule has 1 aliphatic rings. The second kappa shape index (κ2) is 13.3. The first-order valence-corrected chi connectivity index (χ1v) is 15.3. The maximum absolute atomic E-state index is 14.2. The number of carbonyl (C=O) groups is 4. The van der Waals surface area contributed by atoms with E-state index in [0.717, 1.165) is 32.9 Å². The van der Waals surface area contributed by atoms with Gasteiger partial charge in [-0.05, 0) is 42.5 Å². The van der Waals surface area contributed by atoms with Crippen molar-refractivity contribution >= 4 is 45.5 Å². The molecular weight excluding hydrogens is 588 g/mol. The highest BCUT2D eigenvalue weighted by atomic mass is 16.4. The van der Waals surface area contributed by atoms with E-state index in [2.05, 4.69) is 30.6 Å². The summed E-state index contributed by atoms with van der Waals surface area (Å²) < 4.78 is 0. The number of hydrogen-bond acceptors (Lipinski definition) is 6. The van der Waals surface area contributed by atoms with Crippen molar-refractivity contribution in [1.29, 1.82) is 0 Å². The fourth-order valence-corrected chi connectivity index (χ4v) is 6.22. The molecule has 238 valence electrons. The summed E-state index contributed by atoms with van der Waals surface area (Å²) in [6.45, 7) is 0.289. The summed E-state index contributed by atoms with van der Waals surface area (Å²) in [6.07, 6.45) is 7.91. The smallest absolute Gasteiger partial charge is 0.326 e. The lowest BCUT2D eigenvalue weighted by molar-refractivity contribution is -0.144. The van der Waals surface area contributed by atoms with E-state index in [1.807, 2.05) is 60.9 Å². The molecule has 0 bridgehead atoms. The maximum Gasteiger partial charge on any atom is 0.326 e. The number of hydrogen-bond donors (Lipinski definition) is 7. The fourth-order valence-electron chi connectivity index (χ4n) is 6.22. The van der Waals surface area contributed by atoms with E-state index in [1.54, 1.807) is 0 Å². The second-order valence-electron chi connectivity index (χ2n) is 11.7. The third-order valence-electron chi connectivity index (χ3n) is 8.60. The van der Waals surface area contributed by atoms with Crippen LogP contribution >= 0.6 is 0 Å². The molecule has 8 N–H and O–H groups in total. The van der Waals surface area contributed by atoms with Gasteiger partial charge in [-0.3, -0.25) is 14.4 Å². The predicted molar refractivity (Wildman–Crippen MR) is 171 cm³/mol. The van der Waals surface area contributed by atoms with Gasteiger partial charge in [-0.25, -0.2) is 9.78 Å². The molecule has 3 aromatic heterocycles. The van der Waals surface area contributed by atoms with Crippen LogP contribution in [0, 0.1) is 0 Å². The summed E-state index contributed by atoms with van der Waals surface area (Å²) in [5.74, 6) is -2.69. The first-order valence-electron chi connectivity index (χ1n) is 15.3. The van der Waals surface area contributed by atoms with Crippen molar-refractivity contribution in [2.75, 3.05) is 6.54 Å². The summed E-state index contributed by atoms with van der Waals surface area (Å²) in [5.41, 5.74) is 10.5. The first kappa shape index (κ1) is 30.6. The third kappa shape index (κ3) is 6.49. The van der Waals surface area contributed by atoms with Crippen LogP contribution in [0.5, 0.6) is 0 Å². The van der Waals surface area contributed by atoms with Gasteiger partial charge >= 0.3 is 5.97 Å². The molecule has 3 amide bonds. The summed E-state index contributed by atoms with van der Waals surface area (Å²) in [6, 6.07) is 11.3. The van der Waals surface area contributed by atoms with Gasteiger partial charge in [0, 0.05) is 65.5 Å². The van der Waals surface area contributed by atoms with E-state index < -0.39 is 47.9 Å². The number of nitrogens with zero attached hydrogens (tertiary/aromatic N) is 2. The topological polar surface area (TPSA) is 202 Å². The SMILES string of the molecule is NC(Cc1c[nH]c2ccccc12)C(=O)NC(Cc1c[nH]c2ccccc12)C(=O)N1CCCC1C(=O)NC(Cc1cnc[nH]1)C(=O)O. The molecule has 46 heavy (non-hydrogen) atoms. The lowest BCUT2D eigenvalue weighted by Gasteiger charge is -2.30. The third-order valence-corrected chi connectivity index (χ3v) is 8.60. The van der Waals surface area contributed by atoms with Gasteiger partial charge in [-0.1, -0.05) is 36.4 Å². The number of carbonyl (C=O) groups excluding carboxylic acids is 3. The number of benzene rings is 2. The van der Waals surface area contributed by atoms with Crippen molar-refractivity contribution in [3.05, 3.63) is 90.3 Å². The van der Waals surface area contributed by atoms with Crippen LogP contribution in [0.25, 0.3) is 21.8 Å². The quantitative estimate of drug-likeness (QED) is 0.110. The molecule has 0 saturated carbocycles. The van der Waals surface area contributed by atoms with Crippen molar-refractivity contribution < 1.29 is 24.3 Å². The Balaban J connectivity index is 1.21. The van der Waals surface area contributed by atoms with Crippen LogP contribution in [0.2, 0.25) is 0 Å². The number of aromatic nitrogens is 4. The van der Waals surface area contributed by atoms with Gasteiger partial charge in [0.1, 0.15) is 18.1 Å². The first-order chi connectivity index (χ1) is 22.3. The standard InChI is InChI=1S/C33H36N8O5/c34-24(12-19-15-36-25-8-3-1-6-22(19)25)30(42)39-27(13-20-16-37-26-9-4-2-7-23(20)26)32(44)41-11-5-10-29(41)31(43)40-28(33(45)46)14-21-17-35-18-38-21/h1-4,6-9,15-18,24,27-29,36-37H,5,10-14,34H2,(H,35,38)(H,39,42)(H,40,43)(H,45,46). The molecule has 4 atom stereocenters. The van der Waals surface area contributed by atoms with Crippen LogP contribution in [0.1, 0.15) is 29.7 Å². The molecule has 0 aliphatic carbocycles. The molecule has 6 rings (SSSR count). The Morgan fingerprint density at radius 2 is 1.54 bits per heavy atom. The summed E-state index contributed by atoms with van der Waals surface area (Å²) in [7, 11) is 0. The summed E-state index contributed by atoms with van der Waals surface area (Å²) in [5, 5.41) is 17.1. The number of aliphatic carboxylic acids is 1. The summed E-state index contributed by atoms with van der Waals surface area (Å²) in [4.78, 5) is 67.7. The average Bonchev–Trinajstić information content (AvgIpc) is 3.88. The fraction of sp³-hybridized carbons (Fsp3) is 0.303. The molecule has 13 heteroatoms. The zero-order valence-corrected chi connectivity index (χ0v) is 25.0. The van der Waals surface area contributed by atoms with E-state index in [-0.39, 0.29) is 25.8 Å². The minimum atomic E-state index is -1.21. The number of likely N-dealkylation sites (tertiary alicyclic amines) is 1. The van der Waals surface area contributed by atoms with Gasteiger partial charge in [0.05, 0.1) is 12.4 Å². The van der Waals surface area contributed by atoms with E-state index in [4.69, 9.17) is 5.73 Å². The Morgan fingerprint density at radius 3 is 2.17 bits per heavy atom. The number of carboxylic acid groups (broad SMARTS) is 1. The van der Waals surface area contributed by atoms with Gasteiger partial charge in [0.2, 0.25) is 17.7 Å². The molecule has 5 aromatic rings. The van der Waals surface area contributed by atoms with Crippen LogP contribution < -0.4 is 16.4 Å². The minimum absolute atomic E-state index is 0.00923. The molecule has 1 aliphatic heterocycles. The highest BCUT2D eigenvalue weighted by Crippen LogP contribution is 2.24. The zero-order chi connectivity index (χ0) is 32.2. The molecule has 0 radical (unpaired) electrons. The van der Waals surface area contributed by atoms with Crippen molar-refractivity contribution in [1.82, 2.24) is 35.5 Å². The van der Waals surface area contributed by atoms with Gasteiger partial charge in [-0.2, -0.15) is 0 Å². The molecule has 2 aromatic carbocycles. The molecule has 4 heterocycles. The van der Waals surface area contributed by atoms with Gasteiger partial charge in [0.15, 0.2) is 0 Å². The number of aromatic amines is 3. The average molecular weight is 625 g/mol. The van der Waals surface area contributed by atoms with E-state index in [0.29, 0.717) is 18.5 Å². The normalized spacial score (nSPS) is 16.7. The monoisotopic (exact) mass is 624 g/mol. The predicted octanol–water partition coefficient (Wildman–Crippen LogP) is 1.77. The van der Waals surface area contributed by atoms with Gasteiger partial charge in [0.25, 0.3) is 0 Å². The van der Waals surface area contributed by atoms with Crippen molar-refractivity contribution in [3.63, 3.8) is 0 Å². The number of H-pyrrole nitrogens is 3. The number of imidazole rings is 1. The number of nitrogens with one attached hydrogen (secondary N) is 5. The van der Waals surface area contributed by atoms with Crippen LogP contribution in [-0.4, -0.2) is 84.3 Å². The number of carboxylic acids is 1. The van der Waals surface area contributed by atoms with Gasteiger partial charge < -0.3 is 41.3 Å². The van der Waals surface area contributed by atoms with E-state index >= 15 is 0 Å². The lowest BCUT2D eigenvalue weighted by Crippen LogP contribution is -2.57. The van der Waals surface area contributed by atoms with Gasteiger partial charge in [-0.15, -0.1) is 0 Å². The zero-order valence-electron chi connectivity index (χ0n) is 25.0. The molecular formula is C33H36N8O5. The largest absolute Gasteiger partial charge is 0.480 e. The van der Waals surface area contributed by atoms with E-state index in [9.17, 15) is 24.3 Å².